The first-order valence-corrected chi connectivity index (χ1v) is 4.98. The molecule has 0 aliphatic heterocycles. The molecule has 0 aromatic carbocycles. The van der Waals surface area contributed by atoms with Crippen LogP contribution in [0.2, 0.25) is 0 Å². The monoisotopic (exact) mass is 194 g/mol. The molecule has 0 bridgehead atoms. The van der Waals surface area contributed by atoms with Gasteiger partial charge in [-0.15, -0.1) is 0 Å². The molecular formula is C11H18N2O. The fourth-order valence-electron chi connectivity index (χ4n) is 1.37. The van der Waals surface area contributed by atoms with Crippen molar-refractivity contribution in [1.29, 1.82) is 0 Å². The summed E-state index contributed by atoms with van der Waals surface area (Å²) in [7, 11) is 0. The third-order valence-corrected chi connectivity index (χ3v) is 2.25. The Morgan fingerprint density at radius 3 is 2.50 bits per heavy atom. The predicted octanol–water partition coefficient (Wildman–Crippen LogP) is 1.28. The lowest BCUT2D eigenvalue weighted by atomic mass is 10.2. The highest BCUT2D eigenvalue weighted by Crippen LogP contribution is 2.06. The van der Waals surface area contributed by atoms with Crippen LogP contribution < -0.4 is 0 Å². The standard InChI is InChI=1S/C11H18N2O/c1-10(2)13(7-8-14)9-11-3-5-12-6-4-11/h3-6,10,14H,7-9H2,1-2H3. The lowest BCUT2D eigenvalue weighted by Crippen LogP contribution is -2.32. The molecule has 3 heteroatoms. The number of nitrogens with zero attached hydrogens (tertiary/aromatic N) is 2. The Morgan fingerprint density at radius 2 is 2.00 bits per heavy atom. The lowest BCUT2D eigenvalue weighted by Gasteiger charge is -2.25. The Morgan fingerprint density at radius 1 is 1.36 bits per heavy atom. The Kier molecular flexibility index (Phi) is 4.56. The molecule has 0 aliphatic carbocycles. The molecule has 0 unspecified atom stereocenters. The Bertz CT molecular complexity index is 249. The second kappa shape index (κ2) is 5.73. The quantitative estimate of drug-likeness (QED) is 0.767. The van der Waals surface area contributed by atoms with Crippen LogP contribution in [0.1, 0.15) is 19.4 Å². The Balaban J connectivity index is 2.55. The second-order valence-electron chi connectivity index (χ2n) is 3.64. The van der Waals surface area contributed by atoms with Crippen LogP contribution in [-0.4, -0.2) is 34.2 Å². The SMILES string of the molecule is CC(C)N(CCO)Cc1ccncc1. The summed E-state index contributed by atoms with van der Waals surface area (Å²) in [4.78, 5) is 6.21. The zero-order valence-electron chi connectivity index (χ0n) is 8.85. The molecule has 0 spiro atoms. The molecule has 1 aromatic rings. The number of hydrogen-bond acceptors (Lipinski definition) is 3. The molecule has 0 amide bonds. The molecule has 0 atom stereocenters. The van der Waals surface area contributed by atoms with Crippen LogP contribution in [0.3, 0.4) is 0 Å². The average molecular weight is 194 g/mol. The highest BCUT2D eigenvalue weighted by atomic mass is 16.3. The summed E-state index contributed by atoms with van der Waals surface area (Å²) in [5.41, 5.74) is 1.24. The third kappa shape index (κ3) is 3.44. The van der Waals surface area contributed by atoms with E-state index in [0.717, 1.165) is 13.1 Å². The fraction of sp³-hybridized carbons (Fsp3) is 0.545. The van der Waals surface area contributed by atoms with Gasteiger partial charge in [0.05, 0.1) is 6.61 Å². The summed E-state index contributed by atoms with van der Waals surface area (Å²) in [5.74, 6) is 0. The zero-order chi connectivity index (χ0) is 10.4. The molecule has 0 saturated heterocycles. The summed E-state index contributed by atoms with van der Waals surface area (Å²) in [6.45, 7) is 6.08. The first-order chi connectivity index (χ1) is 6.74. The molecule has 1 rings (SSSR count). The molecule has 1 heterocycles. The number of rotatable bonds is 5. The number of hydrogen-bond donors (Lipinski definition) is 1. The van der Waals surface area contributed by atoms with E-state index in [-0.39, 0.29) is 6.61 Å². The summed E-state index contributed by atoms with van der Waals surface area (Å²) in [6.07, 6.45) is 3.60. The van der Waals surface area contributed by atoms with Gasteiger partial charge in [-0.3, -0.25) is 9.88 Å². The summed E-state index contributed by atoms with van der Waals surface area (Å²) in [5, 5.41) is 8.91. The van der Waals surface area contributed by atoms with Crippen molar-refractivity contribution >= 4 is 0 Å². The minimum absolute atomic E-state index is 0.212. The first-order valence-electron chi connectivity index (χ1n) is 4.98. The Hall–Kier alpha value is -0.930. The van der Waals surface area contributed by atoms with Gasteiger partial charge >= 0.3 is 0 Å². The molecule has 0 aliphatic rings. The van der Waals surface area contributed by atoms with E-state index in [1.54, 1.807) is 12.4 Å². The van der Waals surface area contributed by atoms with Crippen molar-refractivity contribution in [1.82, 2.24) is 9.88 Å². The van der Waals surface area contributed by atoms with Gasteiger partial charge in [-0.25, -0.2) is 0 Å². The zero-order valence-corrected chi connectivity index (χ0v) is 8.85. The van der Waals surface area contributed by atoms with Gasteiger partial charge in [0, 0.05) is 31.5 Å². The largest absolute Gasteiger partial charge is 0.395 e. The van der Waals surface area contributed by atoms with E-state index in [9.17, 15) is 0 Å². The highest BCUT2D eigenvalue weighted by Gasteiger charge is 2.08. The second-order valence-corrected chi connectivity index (χ2v) is 3.64. The van der Waals surface area contributed by atoms with Gasteiger partial charge < -0.3 is 5.11 Å². The summed E-state index contributed by atoms with van der Waals surface area (Å²) in [6, 6.07) is 4.47. The predicted molar refractivity (Wildman–Crippen MR) is 56.9 cm³/mol. The van der Waals surface area contributed by atoms with E-state index in [1.165, 1.54) is 5.56 Å². The van der Waals surface area contributed by atoms with Crippen LogP contribution in [0.5, 0.6) is 0 Å². The van der Waals surface area contributed by atoms with Crippen LogP contribution in [0.25, 0.3) is 0 Å². The topological polar surface area (TPSA) is 36.4 Å². The maximum atomic E-state index is 8.91. The van der Waals surface area contributed by atoms with Crippen molar-refractivity contribution < 1.29 is 5.11 Å². The van der Waals surface area contributed by atoms with Crippen molar-refractivity contribution in [3.8, 4) is 0 Å². The van der Waals surface area contributed by atoms with E-state index < -0.39 is 0 Å². The van der Waals surface area contributed by atoms with Crippen LogP contribution in [0.4, 0.5) is 0 Å². The van der Waals surface area contributed by atoms with Crippen molar-refractivity contribution in [2.75, 3.05) is 13.2 Å². The van der Waals surface area contributed by atoms with E-state index >= 15 is 0 Å². The molecule has 1 N–H and O–H groups in total. The minimum Gasteiger partial charge on any atom is -0.395 e. The molecule has 14 heavy (non-hydrogen) atoms. The first kappa shape index (κ1) is 11.1. The van der Waals surface area contributed by atoms with E-state index in [4.69, 9.17) is 5.11 Å². The smallest absolute Gasteiger partial charge is 0.0558 e. The average Bonchev–Trinajstić information content (AvgIpc) is 2.18. The van der Waals surface area contributed by atoms with Crippen LogP contribution in [-0.2, 0) is 6.54 Å². The van der Waals surface area contributed by atoms with Crippen molar-refractivity contribution in [3.63, 3.8) is 0 Å². The van der Waals surface area contributed by atoms with Gasteiger partial charge in [-0.1, -0.05) is 0 Å². The summed E-state index contributed by atoms with van der Waals surface area (Å²) < 4.78 is 0. The highest BCUT2D eigenvalue weighted by molar-refractivity contribution is 5.09. The molecule has 1 aromatic heterocycles. The Labute approximate surface area is 85.4 Å². The van der Waals surface area contributed by atoms with Crippen molar-refractivity contribution in [2.45, 2.75) is 26.4 Å². The van der Waals surface area contributed by atoms with Gasteiger partial charge in [-0.05, 0) is 31.5 Å². The van der Waals surface area contributed by atoms with Gasteiger partial charge in [0.25, 0.3) is 0 Å². The normalized spacial score (nSPS) is 11.2. The van der Waals surface area contributed by atoms with E-state index in [1.807, 2.05) is 12.1 Å². The summed E-state index contributed by atoms with van der Waals surface area (Å²) >= 11 is 0. The maximum Gasteiger partial charge on any atom is 0.0558 e. The lowest BCUT2D eigenvalue weighted by molar-refractivity contribution is 0.159. The van der Waals surface area contributed by atoms with Gasteiger partial charge in [0.1, 0.15) is 0 Å². The molecule has 0 saturated carbocycles. The minimum atomic E-state index is 0.212. The van der Waals surface area contributed by atoms with Gasteiger partial charge in [-0.2, -0.15) is 0 Å². The third-order valence-electron chi connectivity index (χ3n) is 2.25. The number of aliphatic hydroxyl groups is 1. The number of aromatic nitrogens is 1. The molecular weight excluding hydrogens is 176 g/mol. The molecule has 3 nitrogen and oxygen atoms in total. The van der Waals surface area contributed by atoms with E-state index in [0.29, 0.717) is 6.04 Å². The fourth-order valence-corrected chi connectivity index (χ4v) is 1.37. The number of pyridine rings is 1. The van der Waals surface area contributed by atoms with Crippen LogP contribution >= 0.6 is 0 Å². The van der Waals surface area contributed by atoms with Crippen LogP contribution in [0.15, 0.2) is 24.5 Å². The molecule has 78 valence electrons. The molecule has 0 fully saturated rings. The molecule has 0 radical (unpaired) electrons. The van der Waals surface area contributed by atoms with Crippen LogP contribution in [0, 0.1) is 0 Å². The van der Waals surface area contributed by atoms with Gasteiger partial charge in [0.15, 0.2) is 0 Å². The maximum absolute atomic E-state index is 8.91. The van der Waals surface area contributed by atoms with Crippen molar-refractivity contribution in [2.24, 2.45) is 0 Å². The van der Waals surface area contributed by atoms with Gasteiger partial charge in [0.2, 0.25) is 0 Å². The number of aliphatic hydroxyl groups excluding tert-OH is 1. The van der Waals surface area contributed by atoms with Crippen molar-refractivity contribution in [3.05, 3.63) is 30.1 Å². The van der Waals surface area contributed by atoms with E-state index in [2.05, 4.69) is 23.7 Å².